The van der Waals surface area contributed by atoms with Crippen LogP contribution in [0.5, 0.6) is 0 Å². The van der Waals surface area contributed by atoms with E-state index in [1.54, 1.807) is 11.8 Å². The number of benzene rings is 1. The Hall–Kier alpha value is -2.44. The molecule has 0 saturated heterocycles. The van der Waals surface area contributed by atoms with E-state index in [-0.39, 0.29) is 30.2 Å². The third-order valence-electron chi connectivity index (χ3n) is 5.18. The van der Waals surface area contributed by atoms with Gasteiger partial charge in [0.2, 0.25) is 0 Å². The summed E-state index contributed by atoms with van der Waals surface area (Å²) in [5, 5.41) is 10.8. The molecule has 7 heteroatoms. The highest BCUT2D eigenvalue weighted by molar-refractivity contribution is 5.95. The highest BCUT2D eigenvalue weighted by Crippen LogP contribution is 2.25. The molecule has 1 amide bonds. The van der Waals surface area contributed by atoms with Crippen molar-refractivity contribution in [3.8, 4) is 0 Å². The van der Waals surface area contributed by atoms with Gasteiger partial charge in [0.1, 0.15) is 0 Å². The lowest BCUT2D eigenvalue weighted by atomic mass is 9.94. The van der Waals surface area contributed by atoms with Gasteiger partial charge < -0.3 is 9.64 Å². The molecule has 0 spiro atoms. The Morgan fingerprint density at radius 1 is 1.15 bits per heavy atom. The number of nitro groups is 1. The van der Waals surface area contributed by atoms with Crippen LogP contribution < -0.4 is 0 Å². The number of hydrogen-bond acceptors (Lipinski definition) is 5. The quantitative estimate of drug-likeness (QED) is 0.426. The molecule has 7 nitrogen and oxygen atoms in total. The molecule has 1 saturated carbocycles. The SMILES string of the molecule is COC(=O)C(C)CN(C(=O)c1ccc([N+](=O)[O-])cc1)C1CCCCCCC1. The summed E-state index contributed by atoms with van der Waals surface area (Å²) < 4.78 is 4.82. The van der Waals surface area contributed by atoms with E-state index in [1.165, 1.54) is 37.8 Å². The second-order valence-corrected chi connectivity index (χ2v) is 7.18. The van der Waals surface area contributed by atoms with E-state index in [0.29, 0.717) is 5.56 Å². The van der Waals surface area contributed by atoms with Crippen molar-refractivity contribution in [3.05, 3.63) is 39.9 Å². The molecule has 1 fully saturated rings. The summed E-state index contributed by atoms with van der Waals surface area (Å²) in [5.41, 5.74) is 0.353. The minimum Gasteiger partial charge on any atom is -0.469 e. The number of ether oxygens (including phenoxy) is 1. The van der Waals surface area contributed by atoms with Crippen molar-refractivity contribution in [2.24, 2.45) is 5.92 Å². The summed E-state index contributed by atoms with van der Waals surface area (Å²) >= 11 is 0. The van der Waals surface area contributed by atoms with Gasteiger partial charge in [-0.05, 0) is 25.0 Å². The van der Waals surface area contributed by atoms with E-state index in [1.807, 2.05) is 0 Å². The molecule has 0 radical (unpaired) electrons. The predicted molar refractivity (Wildman–Crippen MR) is 101 cm³/mol. The predicted octanol–water partition coefficient (Wildman–Crippen LogP) is 3.96. The van der Waals surface area contributed by atoms with Crippen molar-refractivity contribution < 1.29 is 19.2 Å². The van der Waals surface area contributed by atoms with Crippen LogP contribution in [0.25, 0.3) is 0 Å². The van der Waals surface area contributed by atoms with Crippen molar-refractivity contribution in [1.29, 1.82) is 0 Å². The Morgan fingerprint density at radius 3 is 2.22 bits per heavy atom. The number of nitro benzene ring substituents is 1. The van der Waals surface area contributed by atoms with Crippen LogP contribution in [0.3, 0.4) is 0 Å². The fourth-order valence-electron chi connectivity index (χ4n) is 3.61. The molecular formula is C20H28N2O5. The van der Waals surface area contributed by atoms with Gasteiger partial charge in [0.25, 0.3) is 11.6 Å². The lowest BCUT2D eigenvalue weighted by Gasteiger charge is -2.34. The summed E-state index contributed by atoms with van der Waals surface area (Å²) in [7, 11) is 1.34. The average molecular weight is 376 g/mol. The Labute approximate surface area is 159 Å². The Balaban J connectivity index is 2.24. The van der Waals surface area contributed by atoms with Gasteiger partial charge in [-0.3, -0.25) is 19.7 Å². The molecule has 0 bridgehead atoms. The van der Waals surface area contributed by atoms with Crippen LogP contribution in [0.1, 0.15) is 62.2 Å². The number of rotatable bonds is 6. The number of carbonyl (C=O) groups excluding carboxylic acids is 2. The molecule has 27 heavy (non-hydrogen) atoms. The maximum Gasteiger partial charge on any atom is 0.310 e. The zero-order chi connectivity index (χ0) is 19.8. The van der Waals surface area contributed by atoms with Gasteiger partial charge >= 0.3 is 5.97 Å². The van der Waals surface area contributed by atoms with Crippen LogP contribution in [-0.4, -0.2) is 41.4 Å². The molecular weight excluding hydrogens is 348 g/mol. The first-order chi connectivity index (χ1) is 12.9. The van der Waals surface area contributed by atoms with Crippen molar-refractivity contribution in [2.45, 2.75) is 57.9 Å². The Bertz CT molecular complexity index is 651. The number of amides is 1. The summed E-state index contributed by atoms with van der Waals surface area (Å²) in [5.74, 6) is -0.962. The molecule has 1 aromatic carbocycles. The van der Waals surface area contributed by atoms with Crippen LogP contribution in [0, 0.1) is 16.0 Å². The highest BCUT2D eigenvalue weighted by Gasteiger charge is 2.29. The van der Waals surface area contributed by atoms with Gasteiger partial charge in [-0.25, -0.2) is 0 Å². The van der Waals surface area contributed by atoms with Gasteiger partial charge in [0.05, 0.1) is 18.0 Å². The summed E-state index contributed by atoms with van der Waals surface area (Å²) in [6.45, 7) is 2.04. The maximum absolute atomic E-state index is 13.2. The van der Waals surface area contributed by atoms with E-state index in [2.05, 4.69) is 0 Å². The van der Waals surface area contributed by atoms with Crippen LogP contribution in [0.15, 0.2) is 24.3 Å². The first-order valence-electron chi connectivity index (χ1n) is 9.57. The van der Waals surface area contributed by atoms with Crippen molar-refractivity contribution in [3.63, 3.8) is 0 Å². The number of hydrogen-bond donors (Lipinski definition) is 0. The molecule has 0 heterocycles. The minimum atomic E-state index is -0.486. The molecule has 1 aromatic rings. The first kappa shape index (κ1) is 20.9. The average Bonchev–Trinajstić information content (AvgIpc) is 2.65. The van der Waals surface area contributed by atoms with Crippen molar-refractivity contribution in [1.82, 2.24) is 4.90 Å². The zero-order valence-corrected chi connectivity index (χ0v) is 16.1. The third-order valence-corrected chi connectivity index (χ3v) is 5.18. The maximum atomic E-state index is 13.2. The molecule has 0 N–H and O–H groups in total. The molecule has 1 atom stereocenters. The van der Waals surface area contributed by atoms with Gasteiger partial charge in [0, 0.05) is 30.3 Å². The smallest absolute Gasteiger partial charge is 0.310 e. The molecule has 1 unspecified atom stereocenters. The van der Waals surface area contributed by atoms with Gasteiger partial charge in [-0.2, -0.15) is 0 Å². The fraction of sp³-hybridized carbons (Fsp3) is 0.600. The second-order valence-electron chi connectivity index (χ2n) is 7.18. The summed E-state index contributed by atoms with van der Waals surface area (Å²) in [6, 6.07) is 5.72. The van der Waals surface area contributed by atoms with Crippen LogP contribution in [0.2, 0.25) is 0 Å². The molecule has 0 aromatic heterocycles. The lowest BCUT2D eigenvalue weighted by molar-refractivity contribution is -0.384. The zero-order valence-electron chi connectivity index (χ0n) is 16.1. The van der Waals surface area contributed by atoms with Gasteiger partial charge in [0.15, 0.2) is 0 Å². The Kier molecular flexibility index (Phi) is 7.76. The number of nitrogens with zero attached hydrogens (tertiary/aromatic N) is 2. The standard InChI is InChI=1S/C20H28N2O5/c1-15(20(24)27-2)14-21(17-8-6-4-3-5-7-9-17)19(23)16-10-12-18(13-11-16)22(25)26/h10-13,15,17H,3-9,14H2,1-2H3. The van der Waals surface area contributed by atoms with E-state index in [0.717, 1.165) is 38.5 Å². The van der Waals surface area contributed by atoms with E-state index in [4.69, 9.17) is 4.74 Å². The van der Waals surface area contributed by atoms with Crippen LogP contribution in [-0.2, 0) is 9.53 Å². The summed E-state index contributed by atoms with van der Waals surface area (Å²) in [4.78, 5) is 37.2. The topological polar surface area (TPSA) is 89.8 Å². The molecule has 148 valence electrons. The van der Waals surface area contributed by atoms with Gasteiger partial charge in [-0.15, -0.1) is 0 Å². The van der Waals surface area contributed by atoms with Gasteiger partial charge in [-0.1, -0.05) is 39.0 Å². The normalized spacial score (nSPS) is 16.7. The van der Waals surface area contributed by atoms with Crippen LogP contribution in [0.4, 0.5) is 5.69 Å². The molecule has 2 rings (SSSR count). The second kappa shape index (κ2) is 10.0. The van der Waals surface area contributed by atoms with Crippen molar-refractivity contribution in [2.75, 3.05) is 13.7 Å². The number of methoxy groups -OCH3 is 1. The van der Waals surface area contributed by atoms with E-state index in [9.17, 15) is 19.7 Å². The number of carbonyl (C=O) groups is 2. The van der Waals surface area contributed by atoms with E-state index >= 15 is 0 Å². The van der Waals surface area contributed by atoms with Crippen molar-refractivity contribution >= 4 is 17.6 Å². The lowest BCUT2D eigenvalue weighted by Crippen LogP contribution is -2.44. The molecule has 0 aliphatic heterocycles. The molecule has 1 aliphatic carbocycles. The summed E-state index contributed by atoms with van der Waals surface area (Å²) in [6.07, 6.45) is 7.47. The monoisotopic (exact) mass is 376 g/mol. The highest BCUT2D eigenvalue weighted by atomic mass is 16.6. The Morgan fingerprint density at radius 2 is 1.70 bits per heavy atom. The molecule has 1 aliphatic rings. The largest absolute Gasteiger partial charge is 0.469 e. The number of esters is 1. The fourth-order valence-corrected chi connectivity index (χ4v) is 3.61. The third kappa shape index (κ3) is 5.77. The van der Waals surface area contributed by atoms with E-state index < -0.39 is 10.8 Å². The minimum absolute atomic E-state index is 0.0491. The first-order valence-corrected chi connectivity index (χ1v) is 9.57. The number of non-ortho nitro benzene ring substituents is 1. The van der Waals surface area contributed by atoms with Crippen LogP contribution >= 0.6 is 0 Å².